The first kappa shape index (κ1) is 10.7. The maximum absolute atomic E-state index is 2.60. The second kappa shape index (κ2) is 5.32. The zero-order valence-electron chi connectivity index (χ0n) is 9.65. The van der Waals surface area contributed by atoms with Crippen molar-refractivity contribution < 1.29 is 0 Å². The summed E-state index contributed by atoms with van der Waals surface area (Å²) in [6.45, 7) is 6.06. The lowest BCUT2D eigenvalue weighted by Crippen LogP contribution is -2.24. The van der Waals surface area contributed by atoms with Crippen molar-refractivity contribution in [3.8, 4) is 0 Å². The predicted octanol–water partition coefficient (Wildman–Crippen LogP) is 3.31. The van der Waals surface area contributed by atoms with Crippen LogP contribution in [0.3, 0.4) is 0 Å². The van der Waals surface area contributed by atoms with E-state index in [1.54, 1.807) is 0 Å². The first-order chi connectivity index (χ1) is 7.34. The van der Waals surface area contributed by atoms with Crippen molar-refractivity contribution in [2.75, 3.05) is 13.1 Å². The summed E-state index contributed by atoms with van der Waals surface area (Å²) < 4.78 is 0. The minimum atomic E-state index is 0.922. The van der Waals surface area contributed by atoms with E-state index in [1.807, 2.05) is 0 Å². The van der Waals surface area contributed by atoms with Crippen molar-refractivity contribution in [1.29, 1.82) is 0 Å². The molecule has 0 spiro atoms. The third-order valence-electron chi connectivity index (χ3n) is 3.36. The van der Waals surface area contributed by atoms with Gasteiger partial charge < -0.3 is 0 Å². The molecular weight excluding hydrogens is 182 g/mol. The van der Waals surface area contributed by atoms with E-state index in [-0.39, 0.29) is 0 Å². The van der Waals surface area contributed by atoms with Gasteiger partial charge in [-0.1, -0.05) is 37.3 Å². The van der Waals surface area contributed by atoms with E-state index in [1.165, 1.54) is 37.9 Å². The second-order valence-electron chi connectivity index (χ2n) is 4.80. The van der Waals surface area contributed by atoms with Gasteiger partial charge in [0.05, 0.1) is 0 Å². The molecule has 1 atom stereocenters. The van der Waals surface area contributed by atoms with Gasteiger partial charge in [0.25, 0.3) is 0 Å². The Kier molecular flexibility index (Phi) is 3.79. The minimum Gasteiger partial charge on any atom is -0.299 e. The zero-order valence-corrected chi connectivity index (χ0v) is 9.65. The molecule has 0 N–H and O–H groups in total. The topological polar surface area (TPSA) is 3.24 Å². The van der Waals surface area contributed by atoms with Crippen LogP contribution >= 0.6 is 0 Å². The van der Waals surface area contributed by atoms with Crippen molar-refractivity contribution in [3.63, 3.8) is 0 Å². The highest BCUT2D eigenvalue weighted by molar-refractivity contribution is 5.14. The molecule has 1 unspecified atom stereocenters. The summed E-state index contributed by atoms with van der Waals surface area (Å²) in [5.41, 5.74) is 1.45. The minimum absolute atomic E-state index is 0.922. The van der Waals surface area contributed by atoms with Gasteiger partial charge in [-0.05, 0) is 43.8 Å². The smallest absolute Gasteiger partial charge is 0.0233 e. The summed E-state index contributed by atoms with van der Waals surface area (Å²) in [5, 5.41) is 0. The highest BCUT2D eigenvalue weighted by atomic mass is 15.1. The first-order valence-electron chi connectivity index (χ1n) is 6.11. The predicted molar refractivity (Wildman–Crippen MR) is 64.7 cm³/mol. The van der Waals surface area contributed by atoms with Crippen molar-refractivity contribution in [2.45, 2.75) is 32.7 Å². The summed E-state index contributed by atoms with van der Waals surface area (Å²) in [6, 6.07) is 10.8. The molecule has 82 valence electrons. The fourth-order valence-corrected chi connectivity index (χ4v) is 2.32. The molecule has 1 saturated heterocycles. The van der Waals surface area contributed by atoms with Crippen molar-refractivity contribution in [2.24, 2.45) is 5.92 Å². The SMILES string of the molecule is CC1CCCN(Cc2ccccc2)CC1. The van der Waals surface area contributed by atoms with Crippen LogP contribution in [-0.4, -0.2) is 18.0 Å². The van der Waals surface area contributed by atoms with Gasteiger partial charge in [0, 0.05) is 6.54 Å². The van der Waals surface area contributed by atoms with Crippen LogP contribution in [0.15, 0.2) is 30.3 Å². The summed E-state index contributed by atoms with van der Waals surface area (Å²) >= 11 is 0. The molecule has 1 heteroatoms. The average Bonchev–Trinajstić information content (AvgIpc) is 2.46. The lowest BCUT2D eigenvalue weighted by molar-refractivity contribution is 0.273. The molecule has 1 aromatic rings. The van der Waals surface area contributed by atoms with Crippen molar-refractivity contribution >= 4 is 0 Å². The molecule has 0 saturated carbocycles. The Morgan fingerprint density at radius 2 is 1.93 bits per heavy atom. The molecule has 0 bridgehead atoms. The Morgan fingerprint density at radius 3 is 2.73 bits per heavy atom. The third-order valence-corrected chi connectivity index (χ3v) is 3.36. The van der Waals surface area contributed by atoms with E-state index >= 15 is 0 Å². The van der Waals surface area contributed by atoms with Gasteiger partial charge in [-0.3, -0.25) is 4.90 Å². The molecule has 1 aliphatic rings. The van der Waals surface area contributed by atoms with Gasteiger partial charge in [0.2, 0.25) is 0 Å². The number of rotatable bonds is 2. The first-order valence-corrected chi connectivity index (χ1v) is 6.11. The maximum atomic E-state index is 2.60. The highest BCUT2D eigenvalue weighted by Crippen LogP contribution is 2.17. The van der Waals surface area contributed by atoms with Gasteiger partial charge in [0.1, 0.15) is 0 Å². The molecule has 15 heavy (non-hydrogen) atoms. The molecule has 1 heterocycles. The Balaban J connectivity index is 1.89. The van der Waals surface area contributed by atoms with Crippen LogP contribution in [0.25, 0.3) is 0 Å². The fraction of sp³-hybridized carbons (Fsp3) is 0.571. The molecule has 1 nitrogen and oxygen atoms in total. The van der Waals surface area contributed by atoms with Crippen LogP contribution in [-0.2, 0) is 6.54 Å². The van der Waals surface area contributed by atoms with Crippen LogP contribution < -0.4 is 0 Å². The maximum Gasteiger partial charge on any atom is 0.0233 e. The van der Waals surface area contributed by atoms with E-state index in [4.69, 9.17) is 0 Å². The number of likely N-dealkylation sites (tertiary alicyclic amines) is 1. The zero-order chi connectivity index (χ0) is 10.5. The van der Waals surface area contributed by atoms with E-state index in [9.17, 15) is 0 Å². The van der Waals surface area contributed by atoms with Gasteiger partial charge >= 0.3 is 0 Å². The monoisotopic (exact) mass is 203 g/mol. The van der Waals surface area contributed by atoms with Crippen molar-refractivity contribution in [3.05, 3.63) is 35.9 Å². The quantitative estimate of drug-likeness (QED) is 0.713. The second-order valence-corrected chi connectivity index (χ2v) is 4.80. The largest absolute Gasteiger partial charge is 0.299 e. The molecule has 1 aliphatic heterocycles. The van der Waals surface area contributed by atoms with Gasteiger partial charge in [-0.15, -0.1) is 0 Å². The lowest BCUT2D eigenvalue weighted by Gasteiger charge is -2.19. The number of hydrogen-bond acceptors (Lipinski definition) is 1. The van der Waals surface area contributed by atoms with Crippen molar-refractivity contribution in [1.82, 2.24) is 4.90 Å². The van der Waals surface area contributed by atoms with E-state index in [0.717, 1.165) is 12.5 Å². The van der Waals surface area contributed by atoms with Crippen LogP contribution in [0, 0.1) is 5.92 Å². The lowest BCUT2D eigenvalue weighted by atomic mass is 10.0. The van der Waals surface area contributed by atoms with Crippen LogP contribution in [0.5, 0.6) is 0 Å². The summed E-state index contributed by atoms with van der Waals surface area (Å²) in [7, 11) is 0. The number of hydrogen-bond donors (Lipinski definition) is 0. The van der Waals surface area contributed by atoms with E-state index in [2.05, 4.69) is 42.2 Å². The standard InChI is InChI=1S/C14H21N/c1-13-6-5-10-15(11-9-13)12-14-7-3-2-4-8-14/h2-4,7-8,13H,5-6,9-12H2,1H3. The average molecular weight is 203 g/mol. The van der Waals surface area contributed by atoms with Crippen LogP contribution in [0.2, 0.25) is 0 Å². The fourth-order valence-electron chi connectivity index (χ4n) is 2.32. The van der Waals surface area contributed by atoms with E-state index in [0.29, 0.717) is 0 Å². The molecule has 0 amide bonds. The Morgan fingerprint density at radius 1 is 1.13 bits per heavy atom. The summed E-state index contributed by atoms with van der Waals surface area (Å²) in [4.78, 5) is 2.60. The summed E-state index contributed by atoms with van der Waals surface area (Å²) in [6.07, 6.45) is 4.14. The third kappa shape index (κ3) is 3.35. The molecule has 0 aliphatic carbocycles. The molecule has 0 radical (unpaired) electrons. The highest BCUT2D eigenvalue weighted by Gasteiger charge is 2.13. The Bertz CT molecular complexity index is 281. The molecular formula is C14H21N. The normalized spacial score (nSPS) is 23.7. The van der Waals surface area contributed by atoms with Crippen LogP contribution in [0.1, 0.15) is 31.7 Å². The van der Waals surface area contributed by atoms with E-state index < -0.39 is 0 Å². The number of benzene rings is 1. The Labute approximate surface area is 93.1 Å². The molecule has 0 aromatic heterocycles. The van der Waals surface area contributed by atoms with Crippen LogP contribution in [0.4, 0.5) is 0 Å². The van der Waals surface area contributed by atoms with Gasteiger partial charge in [0.15, 0.2) is 0 Å². The summed E-state index contributed by atoms with van der Waals surface area (Å²) in [5.74, 6) is 0.922. The van der Waals surface area contributed by atoms with Gasteiger partial charge in [-0.25, -0.2) is 0 Å². The van der Waals surface area contributed by atoms with Gasteiger partial charge in [-0.2, -0.15) is 0 Å². The Hall–Kier alpha value is -0.820. The molecule has 1 aromatic carbocycles. The number of nitrogens with zero attached hydrogens (tertiary/aromatic N) is 1. The molecule has 1 fully saturated rings. The molecule has 2 rings (SSSR count).